The summed E-state index contributed by atoms with van der Waals surface area (Å²) in [7, 11) is 0. The van der Waals surface area contributed by atoms with E-state index in [0.29, 0.717) is 0 Å². The Morgan fingerprint density at radius 2 is 1.89 bits per heavy atom. The molecule has 0 spiro atoms. The van der Waals surface area contributed by atoms with E-state index in [1.165, 1.54) is 17.8 Å². The van der Waals surface area contributed by atoms with Crippen molar-refractivity contribution in [3.8, 4) is 0 Å². The number of rotatable bonds is 4. The van der Waals surface area contributed by atoms with E-state index < -0.39 is 0 Å². The van der Waals surface area contributed by atoms with Crippen molar-refractivity contribution in [2.45, 2.75) is 33.4 Å². The van der Waals surface area contributed by atoms with Crippen molar-refractivity contribution in [1.82, 2.24) is 4.57 Å². The molecule has 2 nitrogen and oxygen atoms in total. The van der Waals surface area contributed by atoms with Gasteiger partial charge in [-0.25, -0.2) is 9.13 Å². The molecule has 1 aromatic heterocycles. The van der Waals surface area contributed by atoms with E-state index in [1.807, 2.05) is 0 Å². The van der Waals surface area contributed by atoms with Gasteiger partial charge in [0.15, 0.2) is 0 Å². The first kappa shape index (κ1) is 15.4. The van der Waals surface area contributed by atoms with Crippen LogP contribution in [-0.4, -0.2) is 4.57 Å². The zero-order chi connectivity index (χ0) is 12.3. The minimum absolute atomic E-state index is 0. The fourth-order valence-electron chi connectivity index (χ4n) is 1.97. The molecule has 0 aliphatic heterocycles. The summed E-state index contributed by atoms with van der Waals surface area (Å²) in [6, 6.07) is 8.50. The molecule has 0 amide bonds. The SMILES string of the molecule is Br.CCCn1cc[n+](Cc2ccc(Br)cc2)c1C. The summed E-state index contributed by atoms with van der Waals surface area (Å²) in [6.45, 7) is 6.42. The van der Waals surface area contributed by atoms with Crippen molar-refractivity contribution in [2.75, 3.05) is 0 Å². The third kappa shape index (κ3) is 3.69. The van der Waals surface area contributed by atoms with E-state index in [9.17, 15) is 0 Å². The zero-order valence-corrected chi connectivity index (χ0v) is 14.1. The molecule has 0 N–H and O–H groups in total. The van der Waals surface area contributed by atoms with Crippen LogP contribution in [0, 0.1) is 6.92 Å². The first-order valence-electron chi connectivity index (χ1n) is 6.00. The molecule has 18 heavy (non-hydrogen) atoms. The highest BCUT2D eigenvalue weighted by atomic mass is 79.9. The smallest absolute Gasteiger partial charge is 0.234 e. The van der Waals surface area contributed by atoms with Gasteiger partial charge >= 0.3 is 0 Å². The molecule has 0 aliphatic carbocycles. The number of aryl methyl sites for hydroxylation is 1. The Labute approximate surface area is 128 Å². The van der Waals surface area contributed by atoms with Crippen LogP contribution in [0.25, 0.3) is 0 Å². The Bertz CT molecular complexity index is 489. The molecule has 4 heteroatoms. The van der Waals surface area contributed by atoms with Gasteiger partial charge in [0.2, 0.25) is 0 Å². The number of benzene rings is 1. The molecule has 0 unspecified atom stereocenters. The molecule has 0 aliphatic rings. The third-order valence-corrected chi connectivity index (χ3v) is 3.52. The molecule has 1 heterocycles. The van der Waals surface area contributed by atoms with E-state index in [2.05, 4.69) is 75.6 Å². The molecular formula is C14H19Br2N2+. The van der Waals surface area contributed by atoms with Gasteiger partial charge in [0.1, 0.15) is 18.9 Å². The van der Waals surface area contributed by atoms with Gasteiger partial charge < -0.3 is 0 Å². The van der Waals surface area contributed by atoms with Gasteiger partial charge in [0.05, 0.1) is 6.54 Å². The van der Waals surface area contributed by atoms with Crippen LogP contribution in [0.5, 0.6) is 0 Å². The van der Waals surface area contributed by atoms with Crippen molar-refractivity contribution in [1.29, 1.82) is 0 Å². The van der Waals surface area contributed by atoms with E-state index in [4.69, 9.17) is 0 Å². The highest BCUT2D eigenvalue weighted by Crippen LogP contribution is 2.10. The fraction of sp³-hybridized carbons (Fsp3) is 0.357. The van der Waals surface area contributed by atoms with Gasteiger partial charge in [0, 0.05) is 11.4 Å². The second-order valence-corrected chi connectivity index (χ2v) is 5.21. The topological polar surface area (TPSA) is 8.81 Å². The molecule has 0 saturated carbocycles. The van der Waals surface area contributed by atoms with E-state index in [-0.39, 0.29) is 17.0 Å². The van der Waals surface area contributed by atoms with Crippen molar-refractivity contribution in [3.63, 3.8) is 0 Å². The lowest BCUT2D eigenvalue weighted by Gasteiger charge is -2.01. The Kier molecular flexibility index (Phi) is 6.09. The highest BCUT2D eigenvalue weighted by molar-refractivity contribution is 9.10. The molecule has 2 aromatic rings. The lowest BCUT2D eigenvalue weighted by Crippen LogP contribution is -2.36. The lowest BCUT2D eigenvalue weighted by molar-refractivity contribution is -0.694. The third-order valence-electron chi connectivity index (χ3n) is 2.99. The Hall–Kier alpha value is -0.610. The predicted molar refractivity (Wildman–Crippen MR) is 83.2 cm³/mol. The summed E-state index contributed by atoms with van der Waals surface area (Å²) in [5.41, 5.74) is 1.33. The number of imidazole rings is 1. The minimum atomic E-state index is 0. The molecule has 98 valence electrons. The van der Waals surface area contributed by atoms with Crippen LogP contribution >= 0.6 is 32.9 Å². The maximum atomic E-state index is 3.46. The van der Waals surface area contributed by atoms with Gasteiger partial charge in [-0.15, -0.1) is 17.0 Å². The number of hydrogen-bond donors (Lipinski definition) is 0. The Morgan fingerprint density at radius 3 is 2.50 bits per heavy atom. The summed E-state index contributed by atoms with van der Waals surface area (Å²) in [4.78, 5) is 0. The first-order valence-corrected chi connectivity index (χ1v) is 6.79. The van der Waals surface area contributed by atoms with Crippen LogP contribution < -0.4 is 4.57 Å². The van der Waals surface area contributed by atoms with E-state index >= 15 is 0 Å². The van der Waals surface area contributed by atoms with Crippen molar-refractivity contribution in [3.05, 3.63) is 52.5 Å². The second kappa shape index (κ2) is 7.10. The maximum Gasteiger partial charge on any atom is 0.253 e. The molecule has 0 fully saturated rings. The second-order valence-electron chi connectivity index (χ2n) is 4.29. The van der Waals surface area contributed by atoms with E-state index in [0.717, 1.165) is 17.6 Å². The normalized spacial score (nSPS) is 10.2. The minimum Gasteiger partial charge on any atom is -0.234 e. The summed E-state index contributed by atoms with van der Waals surface area (Å²) >= 11 is 3.46. The van der Waals surface area contributed by atoms with Crippen LogP contribution in [0.1, 0.15) is 24.7 Å². The van der Waals surface area contributed by atoms with Crippen LogP contribution in [-0.2, 0) is 13.1 Å². The van der Waals surface area contributed by atoms with Crippen LogP contribution in [0.2, 0.25) is 0 Å². The largest absolute Gasteiger partial charge is 0.253 e. The standard InChI is InChI=1S/C14H18BrN2.BrH/c1-3-8-16-9-10-17(12(16)2)11-13-4-6-14(15)7-5-13;/h4-7,9-10H,3,8,11H2,1-2H3;1H/q+1;. The zero-order valence-electron chi connectivity index (χ0n) is 10.8. The average molecular weight is 375 g/mol. The number of aromatic nitrogens is 2. The van der Waals surface area contributed by atoms with Gasteiger partial charge in [-0.3, -0.25) is 0 Å². The molecule has 0 bridgehead atoms. The maximum absolute atomic E-state index is 3.46. The summed E-state index contributed by atoms with van der Waals surface area (Å²) in [5.74, 6) is 1.31. The Morgan fingerprint density at radius 1 is 1.22 bits per heavy atom. The van der Waals surface area contributed by atoms with Gasteiger partial charge in [-0.2, -0.15) is 0 Å². The highest BCUT2D eigenvalue weighted by Gasteiger charge is 2.11. The van der Waals surface area contributed by atoms with Crippen LogP contribution in [0.15, 0.2) is 41.1 Å². The van der Waals surface area contributed by atoms with Gasteiger partial charge in [0.25, 0.3) is 5.82 Å². The van der Waals surface area contributed by atoms with Crippen LogP contribution in [0.3, 0.4) is 0 Å². The summed E-state index contributed by atoms with van der Waals surface area (Å²) < 4.78 is 5.73. The summed E-state index contributed by atoms with van der Waals surface area (Å²) in [5, 5.41) is 0. The van der Waals surface area contributed by atoms with Crippen molar-refractivity contribution >= 4 is 32.9 Å². The molecule has 0 radical (unpaired) electrons. The molecule has 2 rings (SSSR count). The fourth-order valence-corrected chi connectivity index (χ4v) is 2.24. The quantitative estimate of drug-likeness (QED) is 0.718. The van der Waals surface area contributed by atoms with Crippen LogP contribution in [0.4, 0.5) is 0 Å². The number of nitrogens with zero attached hydrogens (tertiary/aromatic N) is 2. The molecule has 1 aromatic carbocycles. The molecule has 0 atom stereocenters. The Balaban J connectivity index is 0.00000162. The lowest BCUT2D eigenvalue weighted by atomic mass is 10.2. The molecule has 0 saturated heterocycles. The monoisotopic (exact) mass is 373 g/mol. The molecular weight excluding hydrogens is 356 g/mol. The van der Waals surface area contributed by atoms with Gasteiger partial charge in [-0.1, -0.05) is 35.0 Å². The number of hydrogen-bond acceptors (Lipinski definition) is 0. The first-order chi connectivity index (χ1) is 8.20. The van der Waals surface area contributed by atoms with Crippen molar-refractivity contribution in [2.24, 2.45) is 0 Å². The predicted octanol–water partition coefficient (Wildman–Crippen LogP) is 3.88. The number of halogens is 2. The average Bonchev–Trinajstić information content (AvgIpc) is 2.65. The van der Waals surface area contributed by atoms with Crippen molar-refractivity contribution < 1.29 is 4.57 Å². The van der Waals surface area contributed by atoms with E-state index in [1.54, 1.807) is 0 Å². The summed E-state index contributed by atoms with van der Waals surface area (Å²) in [6.07, 6.45) is 5.50. The van der Waals surface area contributed by atoms with Gasteiger partial charge in [-0.05, 0) is 24.1 Å².